The zero-order valence-electron chi connectivity index (χ0n) is 11.6. The first-order chi connectivity index (χ1) is 9.74. The van der Waals surface area contributed by atoms with E-state index in [0.717, 1.165) is 47.6 Å². The molecular weight excluding hydrogens is 272 g/mol. The zero-order valence-corrected chi connectivity index (χ0v) is 12.3. The summed E-state index contributed by atoms with van der Waals surface area (Å²) in [4.78, 5) is 3.36. The molecule has 0 unspecified atom stereocenters. The van der Waals surface area contributed by atoms with Gasteiger partial charge in [0, 0.05) is 41.7 Å². The van der Waals surface area contributed by atoms with Gasteiger partial charge in [-0.05, 0) is 18.9 Å². The third-order valence-electron chi connectivity index (χ3n) is 4.52. The summed E-state index contributed by atoms with van der Waals surface area (Å²) in [7, 11) is 0. The summed E-state index contributed by atoms with van der Waals surface area (Å²) in [6, 6.07) is 8.07. The number of hydrogen-bond acceptors (Lipinski definition) is 2. The molecule has 3 nitrogen and oxygen atoms in total. The average Bonchev–Trinajstić information content (AvgIpc) is 3.06. The highest BCUT2D eigenvalue weighted by atomic mass is 35.5. The van der Waals surface area contributed by atoms with E-state index in [4.69, 9.17) is 11.6 Å². The van der Waals surface area contributed by atoms with E-state index in [1.165, 1.54) is 12.8 Å². The van der Waals surface area contributed by atoms with Crippen molar-refractivity contribution in [1.29, 1.82) is 0 Å². The van der Waals surface area contributed by atoms with E-state index >= 15 is 0 Å². The van der Waals surface area contributed by atoms with Crippen molar-refractivity contribution in [2.24, 2.45) is 5.41 Å². The Kier molecular flexibility index (Phi) is 4.01. The summed E-state index contributed by atoms with van der Waals surface area (Å²) < 4.78 is 0. The molecule has 20 heavy (non-hydrogen) atoms. The Morgan fingerprint density at radius 1 is 1.25 bits per heavy atom. The van der Waals surface area contributed by atoms with Crippen LogP contribution in [0.3, 0.4) is 0 Å². The van der Waals surface area contributed by atoms with Gasteiger partial charge in [-0.2, -0.15) is 0 Å². The largest absolute Gasteiger partial charge is 0.396 e. The highest BCUT2D eigenvalue weighted by Crippen LogP contribution is 2.37. The van der Waals surface area contributed by atoms with Gasteiger partial charge in [0.15, 0.2) is 0 Å². The molecule has 0 spiro atoms. The number of halogens is 1. The van der Waals surface area contributed by atoms with Crippen LogP contribution < -0.4 is 5.32 Å². The van der Waals surface area contributed by atoms with Gasteiger partial charge in [-0.3, -0.25) is 0 Å². The summed E-state index contributed by atoms with van der Waals surface area (Å²) in [5.74, 6) is 0. The van der Waals surface area contributed by atoms with Crippen LogP contribution in [0, 0.1) is 5.41 Å². The van der Waals surface area contributed by atoms with Gasteiger partial charge in [-0.15, -0.1) is 0 Å². The number of H-pyrrole nitrogens is 1. The second-order valence-corrected chi connectivity index (χ2v) is 6.31. The van der Waals surface area contributed by atoms with E-state index in [9.17, 15) is 5.11 Å². The maximum atomic E-state index is 9.61. The van der Waals surface area contributed by atoms with Crippen LogP contribution in [-0.2, 0) is 6.54 Å². The fourth-order valence-electron chi connectivity index (χ4n) is 3.25. The molecule has 3 rings (SSSR count). The molecule has 0 atom stereocenters. The first kappa shape index (κ1) is 13.9. The van der Waals surface area contributed by atoms with Crippen LogP contribution in [-0.4, -0.2) is 23.2 Å². The number of fused-ring (bicyclic) bond motifs is 1. The molecule has 0 amide bonds. The van der Waals surface area contributed by atoms with E-state index < -0.39 is 0 Å². The molecule has 0 aliphatic heterocycles. The summed E-state index contributed by atoms with van der Waals surface area (Å²) in [5, 5.41) is 14.9. The molecule has 4 heteroatoms. The third kappa shape index (κ3) is 2.58. The van der Waals surface area contributed by atoms with Gasteiger partial charge in [0.1, 0.15) is 0 Å². The summed E-state index contributed by atoms with van der Waals surface area (Å²) in [6.45, 7) is 1.85. The van der Waals surface area contributed by atoms with Crippen molar-refractivity contribution in [3.05, 3.63) is 35.0 Å². The lowest BCUT2D eigenvalue weighted by atomic mass is 9.87. The Bertz CT molecular complexity index is 587. The number of aliphatic hydroxyl groups excluding tert-OH is 1. The molecule has 1 aromatic heterocycles. The zero-order chi connectivity index (χ0) is 14.0. The minimum atomic E-state index is 0.0818. The van der Waals surface area contributed by atoms with E-state index in [1.54, 1.807) is 0 Å². The normalized spacial score (nSPS) is 17.9. The maximum Gasteiger partial charge on any atom is 0.0705 e. The van der Waals surface area contributed by atoms with Gasteiger partial charge in [-0.1, -0.05) is 42.6 Å². The topological polar surface area (TPSA) is 48.0 Å². The molecule has 1 saturated carbocycles. The second-order valence-electron chi connectivity index (χ2n) is 5.93. The molecule has 2 aromatic rings. The van der Waals surface area contributed by atoms with Crippen LogP contribution in [0.1, 0.15) is 31.4 Å². The lowest BCUT2D eigenvalue weighted by Crippen LogP contribution is -2.34. The molecule has 1 fully saturated rings. The lowest BCUT2D eigenvalue weighted by molar-refractivity contribution is 0.128. The van der Waals surface area contributed by atoms with E-state index in [-0.39, 0.29) is 12.0 Å². The van der Waals surface area contributed by atoms with E-state index in [1.807, 2.05) is 24.3 Å². The minimum Gasteiger partial charge on any atom is -0.396 e. The molecule has 0 bridgehead atoms. The lowest BCUT2D eigenvalue weighted by Gasteiger charge is -2.26. The molecule has 1 aliphatic rings. The van der Waals surface area contributed by atoms with E-state index in [2.05, 4.69) is 10.3 Å². The minimum absolute atomic E-state index is 0.0818. The standard InChI is InChI=1S/C16H21ClN2O/c17-15-12-5-1-2-6-13(12)19-14(15)9-18-10-16(11-20)7-3-4-8-16/h1-2,5-6,18-20H,3-4,7-11H2. The molecule has 1 heterocycles. The predicted molar refractivity (Wildman–Crippen MR) is 83.0 cm³/mol. The number of rotatable bonds is 5. The maximum absolute atomic E-state index is 9.61. The SMILES string of the molecule is OCC1(CNCc2[nH]c3ccccc3c2Cl)CCCC1. The van der Waals surface area contributed by atoms with Crippen LogP contribution in [0.5, 0.6) is 0 Å². The van der Waals surface area contributed by atoms with Crippen molar-refractivity contribution < 1.29 is 5.11 Å². The predicted octanol–water partition coefficient (Wildman–Crippen LogP) is 3.46. The smallest absolute Gasteiger partial charge is 0.0705 e. The average molecular weight is 293 g/mol. The number of nitrogens with one attached hydrogen (secondary N) is 2. The van der Waals surface area contributed by atoms with Gasteiger partial charge < -0.3 is 15.4 Å². The van der Waals surface area contributed by atoms with Gasteiger partial charge in [0.25, 0.3) is 0 Å². The molecule has 3 N–H and O–H groups in total. The highest BCUT2D eigenvalue weighted by Gasteiger charge is 2.32. The number of para-hydroxylation sites is 1. The first-order valence-corrected chi connectivity index (χ1v) is 7.69. The van der Waals surface area contributed by atoms with Crippen molar-refractivity contribution >= 4 is 22.5 Å². The first-order valence-electron chi connectivity index (χ1n) is 7.31. The van der Waals surface area contributed by atoms with Gasteiger partial charge >= 0.3 is 0 Å². The summed E-state index contributed by atoms with van der Waals surface area (Å²) in [5.41, 5.74) is 2.18. The van der Waals surface area contributed by atoms with Gasteiger partial charge in [-0.25, -0.2) is 0 Å². The van der Waals surface area contributed by atoms with Crippen molar-refractivity contribution in [3.63, 3.8) is 0 Å². The Labute approximate surface area is 124 Å². The van der Waals surface area contributed by atoms with Crippen LogP contribution in [0.4, 0.5) is 0 Å². The van der Waals surface area contributed by atoms with Crippen molar-refractivity contribution in [2.75, 3.05) is 13.2 Å². The summed E-state index contributed by atoms with van der Waals surface area (Å²) in [6.07, 6.45) is 4.71. The number of hydrogen-bond donors (Lipinski definition) is 3. The Balaban J connectivity index is 1.66. The molecule has 108 valence electrons. The number of benzene rings is 1. The van der Waals surface area contributed by atoms with Crippen LogP contribution in [0.15, 0.2) is 24.3 Å². The molecule has 0 saturated heterocycles. The van der Waals surface area contributed by atoms with E-state index in [0.29, 0.717) is 0 Å². The molecule has 0 radical (unpaired) electrons. The third-order valence-corrected chi connectivity index (χ3v) is 4.95. The van der Waals surface area contributed by atoms with Gasteiger partial charge in [0.2, 0.25) is 0 Å². The van der Waals surface area contributed by atoms with Crippen molar-refractivity contribution in [3.8, 4) is 0 Å². The fraction of sp³-hybridized carbons (Fsp3) is 0.500. The van der Waals surface area contributed by atoms with Crippen LogP contribution in [0.2, 0.25) is 5.02 Å². The number of aliphatic hydroxyl groups is 1. The number of aromatic amines is 1. The number of aromatic nitrogens is 1. The Morgan fingerprint density at radius 2 is 2.00 bits per heavy atom. The monoisotopic (exact) mass is 292 g/mol. The van der Waals surface area contributed by atoms with Crippen LogP contribution >= 0.6 is 11.6 Å². The second kappa shape index (κ2) is 5.76. The molecular formula is C16H21ClN2O. The fourth-order valence-corrected chi connectivity index (χ4v) is 3.53. The Morgan fingerprint density at radius 3 is 2.70 bits per heavy atom. The van der Waals surface area contributed by atoms with Crippen molar-refractivity contribution in [1.82, 2.24) is 10.3 Å². The summed E-state index contributed by atoms with van der Waals surface area (Å²) >= 11 is 6.40. The van der Waals surface area contributed by atoms with Crippen LogP contribution in [0.25, 0.3) is 10.9 Å². The molecule has 1 aliphatic carbocycles. The highest BCUT2D eigenvalue weighted by molar-refractivity contribution is 6.36. The Hall–Kier alpha value is -1.03. The quantitative estimate of drug-likeness (QED) is 0.790. The van der Waals surface area contributed by atoms with Gasteiger partial charge in [0.05, 0.1) is 5.02 Å². The molecule has 1 aromatic carbocycles. The van der Waals surface area contributed by atoms with Crippen molar-refractivity contribution in [2.45, 2.75) is 32.2 Å².